The summed E-state index contributed by atoms with van der Waals surface area (Å²) < 4.78 is 0. The van der Waals surface area contributed by atoms with Crippen molar-refractivity contribution in [3.05, 3.63) is 107 Å². The zero-order chi connectivity index (χ0) is 29.6. The second-order valence-corrected chi connectivity index (χ2v) is 11.3. The number of carboxylic acid groups (broad SMARTS) is 2. The zero-order valence-electron chi connectivity index (χ0n) is 23.0. The van der Waals surface area contributed by atoms with Crippen LogP contribution in [-0.4, -0.2) is 73.3 Å². The molecule has 10 heteroatoms. The van der Waals surface area contributed by atoms with Gasteiger partial charge in [0.1, 0.15) is 5.54 Å². The third kappa shape index (κ3) is 4.26. The number of benzene rings is 3. The molecule has 42 heavy (non-hydrogen) atoms. The normalized spacial score (nSPS) is 22.5. The van der Waals surface area contributed by atoms with E-state index in [1.807, 2.05) is 17.0 Å². The number of hydrogen-bond donors (Lipinski definition) is 3. The molecule has 6 rings (SSSR count). The number of nitrogens with two attached hydrogens (primary N) is 1. The van der Waals surface area contributed by atoms with E-state index in [9.17, 15) is 29.4 Å². The van der Waals surface area contributed by atoms with Gasteiger partial charge in [-0.05, 0) is 48.7 Å². The average molecular weight is 569 g/mol. The van der Waals surface area contributed by atoms with Gasteiger partial charge in [0.15, 0.2) is 5.79 Å². The van der Waals surface area contributed by atoms with E-state index in [1.54, 1.807) is 59.5 Å². The number of rotatable bonds is 8. The van der Waals surface area contributed by atoms with Gasteiger partial charge in [0.25, 0.3) is 11.8 Å². The predicted octanol–water partition coefficient (Wildman–Crippen LogP) is 3.33. The number of carboxylic acids is 2. The van der Waals surface area contributed by atoms with E-state index < -0.39 is 35.2 Å². The van der Waals surface area contributed by atoms with Crippen LogP contribution in [0.3, 0.4) is 0 Å². The Morgan fingerprint density at radius 3 is 2.17 bits per heavy atom. The van der Waals surface area contributed by atoms with Crippen LogP contribution in [0, 0.1) is 0 Å². The van der Waals surface area contributed by atoms with E-state index in [0.29, 0.717) is 48.9 Å². The molecule has 3 aliphatic rings. The molecule has 2 fully saturated rings. The van der Waals surface area contributed by atoms with Gasteiger partial charge in [0.05, 0.1) is 11.6 Å². The predicted molar refractivity (Wildman–Crippen MR) is 152 cm³/mol. The van der Waals surface area contributed by atoms with Crippen molar-refractivity contribution in [3.8, 4) is 0 Å². The molecule has 3 aromatic rings. The monoisotopic (exact) mass is 568 g/mol. The fraction of sp³-hybridized carbons (Fsp3) is 0.312. The Morgan fingerprint density at radius 1 is 0.881 bits per heavy atom. The molecule has 2 amide bonds. The summed E-state index contributed by atoms with van der Waals surface area (Å²) in [6.07, 6.45) is 2.02. The first kappa shape index (κ1) is 27.6. The number of fused-ring (bicyclic) bond motifs is 3. The van der Waals surface area contributed by atoms with Gasteiger partial charge in [0, 0.05) is 36.3 Å². The fourth-order valence-corrected chi connectivity index (χ4v) is 6.90. The number of aromatic carboxylic acids is 1. The number of carbonyl (C=O) groups is 4. The fourth-order valence-electron chi connectivity index (χ4n) is 6.90. The number of nitrogens with zero attached hydrogens (tertiary/aromatic N) is 3. The van der Waals surface area contributed by atoms with Crippen LogP contribution in [0.1, 0.15) is 67.9 Å². The lowest BCUT2D eigenvalue weighted by molar-refractivity contribution is -0.150. The minimum atomic E-state index is -1.39. The molecule has 0 aromatic heterocycles. The van der Waals surface area contributed by atoms with E-state index in [4.69, 9.17) is 5.73 Å². The molecule has 216 valence electrons. The number of aliphatic carboxylic acids is 1. The quantitative estimate of drug-likeness (QED) is 0.375. The Balaban J connectivity index is 1.40. The summed E-state index contributed by atoms with van der Waals surface area (Å²) in [4.78, 5) is 57.1. The molecule has 10 nitrogen and oxygen atoms in total. The van der Waals surface area contributed by atoms with Crippen molar-refractivity contribution in [2.45, 2.75) is 49.6 Å². The lowest BCUT2D eigenvalue weighted by Crippen LogP contribution is -2.61. The molecular weight excluding hydrogens is 536 g/mol. The SMILES string of the molecule is N[C@]12c3ccccc3C(=O)N1C(CN(C(=O)c1ccccc1)C1(C(=O)O)CCCC1)CN2Cc1ccc(C(=O)O)cc1. The molecule has 0 bridgehead atoms. The molecular formula is C32H32N4O6. The van der Waals surface area contributed by atoms with Gasteiger partial charge in [-0.15, -0.1) is 0 Å². The van der Waals surface area contributed by atoms with Crippen LogP contribution in [0.25, 0.3) is 0 Å². The van der Waals surface area contributed by atoms with Crippen LogP contribution in [0.4, 0.5) is 0 Å². The van der Waals surface area contributed by atoms with Crippen LogP contribution in [-0.2, 0) is 17.1 Å². The second-order valence-electron chi connectivity index (χ2n) is 11.3. The summed E-state index contributed by atoms with van der Waals surface area (Å²) in [6, 6.07) is 21.6. The van der Waals surface area contributed by atoms with Gasteiger partial charge in [-0.3, -0.25) is 25.1 Å². The second kappa shape index (κ2) is 10.4. The molecule has 2 heterocycles. The molecule has 0 spiro atoms. The lowest BCUT2D eigenvalue weighted by atomic mass is 9.93. The van der Waals surface area contributed by atoms with Crippen molar-refractivity contribution in [1.82, 2.24) is 14.7 Å². The summed E-state index contributed by atoms with van der Waals surface area (Å²) >= 11 is 0. The highest BCUT2D eigenvalue weighted by Gasteiger charge is 2.60. The van der Waals surface area contributed by atoms with E-state index in [2.05, 4.69) is 0 Å². The molecule has 0 radical (unpaired) electrons. The van der Waals surface area contributed by atoms with Gasteiger partial charge in [-0.1, -0.05) is 61.4 Å². The molecule has 1 unspecified atom stereocenters. The first-order chi connectivity index (χ1) is 20.2. The van der Waals surface area contributed by atoms with Crippen LogP contribution in [0.2, 0.25) is 0 Å². The van der Waals surface area contributed by atoms with E-state index in [1.165, 1.54) is 17.0 Å². The Bertz CT molecular complexity index is 1550. The maximum atomic E-state index is 14.0. The van der Waals surface area contributed by atoms with Crippen LogP contribution >= 0.6 is 0 Å². The molecule has 1 saturated heterocycles. The summed E-state index contributed by atoms with van der Waals surface area (Å²) in [5, 5.41) is 19.8. The van der Waals surface area contributed by atoms with Gasteiger partial charge in [-0.25, -0.2) is 9.59 Å². The van der Waals surface area contributed by atoms with E-state index in [0.717, 1.165) is 5.56 Å². The molecule has 1 aliphatic carbocycles. The molecule has 1 saturated carbocycles. The largest absolute Gasteiger partial charge is 0.479 e. The molecule has 3 aromatic carbocycles. The number of amides is 2. The van der Waals surface area contributed by atoms with Crippen molar-refractivity contribution in [1.29, 1.82) is 0 Å². The van der Waals surface area contributed by atoms with Gasteiger partial charge in [-0.2, -0.15) is 0 Å². The number of hydrogen-bond acceptors (Lipinski definition) is 6. The Morgan fingerprint density at radius 2 is 1.52 bits per heavy atom. The summed E-state index contributed by atoms with van der Waals surface area (Å²) in [6.45, 7) is 0.584. The van der Waals surface area contributed by atoms with Crippen molar-refractivity contribution >= 4 is 23.8 Å². The van der Waals surface area contributed by atoms with Crippen LogP contribution in [0.15, 0.2) is 78.9 Å². The number of carbonyl (C=O) groups excluding carboxylic acids is 2. The van der Waals surface area contributed by atoms with E-state index in [-0.39, 0.29) is 24.6 Å². The van der Waals surface area contributed by atoms with Gasteiger partial charge in [0.2, 0.25) is 0 Å². The van der Waals surface area contributed by atoms with Crippen molar-refractivity contribution < 1.29 is 29.4 Å². The Labute approximate surface area is 242 Å². The molecule has 4 N–H and O–H groups in total. The molecule has 2 atom stereocenters. The molecule has 2 aliphatic heterocycles. The van der Waals surface area contributed by atoms with Gasteiger partial charge >= 0.3 is 11.9 Å². The van der Waals surface area contributed by atoms with Crippen molar-refractivity contribution in [3.63, 3.8) is 0 Å². The zero-order valence-corrected chi connectivity index (χ0v) is 23.0. The summed E-state index contributed by atoms with van der Waals surface area (Å²) in [5.74, 6) is -4.08. The van der Waals surface area contributed by atoms with Crippen LogP contribution < -0.4 is 5.73 Å². The summed E-state index contributed by atoms with van der Waals surface area (Å²) in [5.41, 5.74) is 8.21. The topological polar surface area (TPSA) is 144 Å². The van der Waals surface area contributed by atoms with Crippen molar-refractivity contribution in [2.24, 2.45) is 5.73 Å². The highest BCUT2D eigenvalue weighted by molar-refractivity contribution is 6.01. The lowest BCUT2D eigenvalue weighted by Gasteiger charge is -2.41. The average Bonchev–Trinajstić information content (AvgIpc) is 3.66. The minimum absolute atomic E-state index is 0.00679. The highest BCUT2D eigenvalue weighted by atomic mass is 16.4. The first-order valence-electron chi connectivity index (χ1n) is 14.1. The third-order valence-corrected chi connectivity index (χ3v) is 9.00. The third-order valence-electron chi connectivity index (χ3n) is 9.00. The standard InChI is InChI=1S/C32H32N4O6/c33-32-26-11-5-4-10-25(26)28(38)36(32)24(19-34(32)18-21-12-14-23(15-13-21)29(39)40)20-35(27(37)22-8-2-1-3-9-22)31(30(41)42)16-6-7-17-31/h1-5,8-15,24H,6-7,16-20,33H2,(H,39,40)(H,41,42)/t24?,32-/m0/s1. The Kier molecular flexibility index (Phi) is 6.83. The Hall–Kier alpha value is -4.54. The van der Waals surface area contributed by atoms with E-state index >= 15 is 0 Å². The minimum Gasteiger partial charge on any atom is -0.479 e. The smallest absolute Gasteiger partial charge is 0.335 e. The van der Waals surface area contributed by atoms with Gasteiger partial charge < -0.3 is 15.1 Å². The van der Waals surface area contributed by atoms with Crippen LogP contribution in [0.5, 0.6) is 0 Å². The maximum Gasteiger partial charge on any atom is 0.335 e. The summed E-state index contributed by atoms with van der Waals surface area (Å²) in [7, 11) is 0. The maximum absolute atomic E-state index is 14.0. The first-order valence-corrected chi connectivity index (χ1v) is 14.1. The van der Waals surface area contributed by atoms with Crippen molar-refractivity contribution in [2.75, 3.05) is 13.1 Å². The highest BCUT2D eigenvalue weighted by Crippen LogP contribution is 2.46.